The first-order valence-corrected chi connectivity index (χ1v) is 11.6. The van der Waals surface area contributed by atoms with E-state index in [-0.39, 0.29) is 23.7 Å². The van der Waals surface area contributed by atoms with E-state index in [0.717, 1.165) is 16.6 Å². The van der Waals surface area contributed by atoms with E-state index < -0.39 is 5.60 Å². The predicted molar refractivity (Wildman–Crippen MR) is 132 cm³/mol. The molecule has 0 spiro atoms. The monoisotopic (exact) mass is 485 g/mol. The van der Waals surface area contributed by atoms with E-state index in [4.69, 9.17) is 16.3 Å². The largest absolute Gasteiger partial charge is 0.480 e. The molecule has 10 heteroatoms. The van der Waals surface area contributed by atoms with Crippen molar-refractivity contribution in [1.82, 2.24) is 14.5 Å². The SMILES string of the molecule is CCC(=O)COc1cc2cc(Nc3nc(N4CCC(C)(O)CC4)ncc3Cl)ccc2n(C)c1=O. The number of pyridine rings is 1. The molecular weight excluding hydrogens is 458 g/mol. The zero-order chi connectivity index (χ0) is 24.5. The number of hydrogen-bond acceptors (Lipinski definition) is 8. The molecule has 9 nitrogen and oxygen atoms in total. The number of ketones is 1. The lowest BCUT2D eigenvalue weighted by Crippen LogP contribution is -2.43. The fourth-order valence-electron chi connectivity index (χ4n) is 3.82. The summed E-state index contributed by atoms with van der Waals surface area (Å²) in [5, 5.41) is 14.6. The Kier molecular flexibility index (Phi) is 6.77. The lowest BCUT2D eigenvalue weighted by atomic mass is 9.94. The number of carbonyl (C=O) groups excluding carboxylic acids is 1. The lowest BCUT2D eigenvalue weighted by molar-refractivity contribution is -0.120. The molecule has 3 aromatic rings. The van der Waals surface area contributed by atoms with Gasteiger partial charge in [0, 0.05) is 37.6 Å². The summed E-state index contributed by atoms with van der Waals surface area (Å²) in [6.07, 6.45) is 3.18. The smallest absolute Gasteiger partial charge is 0.293 e. The van der Waals surface area contributed by atoms with Gasteiger partial charge in [0.15, 0.2) is 17.4 Å². The van der Waals surface area contributed by atoms with Crippen molar-refractivity contribution < 1.29 is 14.6 Å². The Morgan fingerprint density at radius 2 is 2.03 bits per heavy atom. The summed E-state index contributed by atoms with van der Waals surface area (Å²) in [4.78, 5) is 35.2. The van der Waals surface area contributed by atoms with Gasteiger partial charge in [-0.05, 0) is 44.0 Å². The van der Waals surface area contributed by atoms with Crippen LogP contribution in [0.3, 0.4) is 0 Å². The van der Waals surface area contributed by atoms with Crippen LogP contribution in [0.4, 0.5) is 17.5 Å². The van der Waals surface area contributed by atoms with Crippen LogP contribution in [0.2, 0.25) is 5.02 Å². The van der Waals surface area contributed by atoms with Gasteiger partial charge in [-0.15, -0.1) is 0 Å². The zero-order valence-corrected chi connectivity index (χ0v) is 20.2. The van der Waals surface area contributed by atoms with Gasteiger partial charge in [0.1, 0.15) is 11.6 Å². The molecule has 1 aliphatic heterocycles. The van der Waals surface area contributed by atoms with Crippen LogP contribution in [0.25, 0.3) is 10.9 Å². The number of benzene rings is 1. The number of Topliss-reactive ketones (excluding diaryl/α,β-unsaturated/α-hetero) is 1. The first-order chi connectivity index (χ1) is 16.2. The highest BCUT2D eigenvalue weighted by Crippen LogP contribution is 2.29. The molecule has 1 saturated heterocycles. The van der Waals surface area contributed by atoms with Gasteiger partial charge >= 0.3 is 0 Å². The second kappa shape index (κ2) is 9.60. The summed E-state index contributed by atoms with van der Waals surface area (Å²) in [5.74, 6) is 1.04. The maximum Gasteiger partial charge on any atom is 0.293 e. The fourth-order valence-corrected chi connectivity index (χ4v) is 3.96. The quantitative estimate of drug-likeness (QED) is 0.523. The number of rotatable bonds is 7. The van der Waals surface area contributed by atoms with Crippen molar-refractivity contribution in [2.24, 2.45) is 7.05 Å². The standard InChI is InChI=1S/C24H28ClN5O4/c1-4-17(31)14-34-20-12-15-11-16(5-6-19(15)29(3)22(20)32)27-21-18(25)13-26-23(28-21)30-9-7-24(2,33)8-10-30/h5-6,11-13,33H,4,7-10,14H2,1-3H3,(H,26,27,28). The summed E-state index contributed by atoms with van der Waals surface area (Å²) in [6.45, 7) is 4.76. The zero-order valence-electron chi connectivity index (χ0n) is 19.5. The van der Waals surface area contributed by atoms with Crippen molar-refractivity contribution in [3.63, 3.8) is 0 Å². The molecule has 1 aromatic carbocycles. The summed E-state index contributed by atoms with van der Waals surface area (Å²) in [6, 6.07) is 7.15. The van der Waals surface area contributed by atoms with Crippen molar-refractivity contribution in [3.8, 4) is 5.75 Å². The third-order valence-electron chi connectivity index (χ3n) is 6.09. The van der Waals surface area contributed by atoms with E-state index in [2.05, 4.69) is 15.3 Å². The van der Waals surface area contributed by atoms with Crippen LogP contribution >= 0.6 is 11.6 Å². The fraction of sp³-hybridized carbons (Fsp3) is 0.417. The molecule has 1 aliphatic rings. The Balaban J connectivity index is 1.60. The second-order valence-electron chi connectivity index (χ2n) is 8.80. The Morgan fingerprint density at radius 1 is 1.29 bits per heavy atom. The molecule has 34 heavy (non-hydrogen) atoms. The predicted octanol–water partition coefficient (Wildman–Crippen LogP) is 3.43. The number of aromatic nitrogens is 3. The first kappa shape index (κ1) is 24.0. The summed E-state index contributed by atoms with van der Waals surface area (Å²) in [5.41, 5.74) is 0.470. The number of nitrogens with zero attached hydrogens (tertiary/aromatic N) is 4. The number of anilines is 3. The highest BCUT2D eigenvalue weighted by molar-refractivity contribution is 6.32. The number of halogens is 1. The Hall–Kier alpha value is -3.17. The second-order valence-corrected chi connectivity index (χ2v) is 9.21. The summed E-state index contributed by atoms with van der Waals surface area (Å²) in [7, 11) is 1.66. The Bertz CT molecular complexity index is 1280. The number of hydrogen-bond donors (Lipinski definition) is 2. The van der Waals surface area contributed by atoms with Crippen LogP contribution < -0.4 is 20.5 Å². The first-order valence-electron chi connectivity index (χ1n) is 11.2. The third kappa shape index (κ3) is 5.15. The van der Waals surface area contributed by atoms with Crippen molar-refractivity contribution >= 4 is 45.7 Å². The number of ether oxygens (including phenoxy) is 1. The van der Waals surface area contributed by atoms with E-state index in [1.807, 2.05) is 30.0 Å². The average Bonchev–Trinajstić information content (AvgIpc) is 2.81. The normalized spacial score (nSPS) is 15.4. The molecule has 1 fully saturated rings. The van der Waals surface area contributed by atoms with Crippen molar-refractivity contribution in [2.45, 2.75) is 38.7 Å². The van der Waals surface area contributed by atoms with Gasteiger partial charge in [-0.3, -0.25) is 9.59 Å². The van der Waals surface area contributed by atoms with Crippen molar-refractivity contribution in [1.29, 1.82) is 0 Å². The number of aliphatic hydroxyl groups is 1. The number of fused-ring (bicyclic) bond motifs is 1. The summed E-state index contributed by atoms with van der Waals surface area (Å²) >= 11 is 6.36. The minimum absolute atomic E-state index is 0.0795. The third-order valence-corrected chi connectivity index (χ3v) is 6.37. The highest BCUT2D eigenvalue weighted by Gasteiger charge is 2.28. The molecule has 0 unspecified atom stereocenters. The van der Waals surface area contributed by atoms with Gasteiger partial charge in [0.05, 0.1) is 17.3 Å². The maximum atomic E-state index is 12.6. The van der Waals surface area contributed by atoms with Crippen LogP contribution in [0, 0.1) is 0 Å². The van der Waals surface area contributed by atoms with Crippen molar-refractivity contribution in [2.75, 3.05) is 29.9 Å². The molecule has 4 rings (SSSR count). The van der Waals surface area contributed by atoms with E-state index in [0.29, 0.717) is 49.1 Å². The van der Waals surface area contributed by atoms with Crippen LogP contribution in [-0.4, -0.2) is 50.7 Å². The van der Waals surface area contributed by atoms with Gasteiger partial charge in [0.25, 0.3) is 5.56 Å². The van der Waals surface area contributed by atoms with Crippen LogP contribution in [-0.2, 0) is 11.8 Å². The molecule has 0 amide bonds. The molecular formula is C24H28ClN5O4. The van der Waals surface area contributed by atoms with Crippen LogP contribution in [0.5, 0.6) is 5.75 Å². The van der Waals surface area contributed by atoms with Crippen molar-refractivity contribution in [3.05, 3.63) is 45.8 Å². The number of aryl methyl sites for hydroxylation is 1. The molecule has 180 valence electrons. The molecule has 0 aliphatic carbocycles. The molecule has 2 aromatic heterocycles. The molecule has 2 N–H and O–H groups in total. The van der Waals surface area contributed by atoms with Crippen LogP contribution in [0.15, 0.2) is 35.3 Å². The lowest BCUT2D eigenvalue weighted by Gasteiger charge is -2.35. The maximum absolute atomic E-state index is 12.6. The number of piperidine rings is 1. The van der Waals surface area contributed by atoms with Gasteiger partial charge in [0.2, 0.25) is 5.95 Å². The van der Waals surface area contributed by atoms with E-state index >= 15 is 0 Å². The molecule has 0 saturated carbocycles. The topological polar surface area (TPSA) is 110 Å². The average molecular weight is 486 g/mol. The minimum Gasteiger partial charge on any atom is -0.480 e. The molecule has 0 radical (unpaired) electrons. The van der Waals surface area contributed by atoms with Gasteiger partial charge in [-0.1, -0.05) is 18.5 Å². The van der Waals surface area contributed by atoms with E-state index in [9.17, 15) is 14.7 Å². The van der Waals surface area contributed by atoms with E-state index in [1.54, 1.807) is 26.2 Å². The molecule has 3 heterocycles. The Morgan fingerprint density at radius 3 is 2.74 bits per heavy atom. The molecule has 0 bridgehead atoms. The Labute approximate surface area is 202 Å². The van der Waals surface area contributed by atoms with Gasteiger partial charge in [-0.25, -0.2) is 4.98 Å². The van der Waals surface area contributed by atoms with E-state index in [1.165, 1.54) is 4.57 Å². The minimum atomic E-state index is -0.665. The van der Waals surface area contributed by atoms with Gasteiger partial charge < -0.3 is 24.6 Å². The molecule has 0 atom stereocenters. The number of nitrogens with one attached hydrogen (secondary N) is 1. The number of carbonyl (C=O) groups is 1. The highest BCUT2D eigenvalue weighted by atomic mass is 35.5. The van der Waals surface area contributed by atoms with Crippen LogP contribution in [0.1, 0.15) is 33.1 Å². The van der Waals surface area contributed by atoms with Gasteiger partial charge in [-0.2, -0.15) is 4.98 Å². The summed E-state index contributed by atoms with van der Waals surface area (Å²) < 4.78 is 6.98.